The summed E-state index contributed by atoms with van der Waals surface area (Å²) in [6.07, 6.45) is 1.88. The molecule has 0 aromatic heterocycles. The molecule has 3 heteroatoms. The molecule has 0 amide bonds. The van der Waals surface area contributed by atoms with Crippen molar-refractivity contribution in [1.82, 2.24) is 0 Å². The number of carbonyl (C=O) groups excluding carboxylic acids is 1. The number of Topliss-reactive ketones (excluding diaryl/α,β-unsaturated/α-hetero) is 1. The van der Waals surface area contributed by atoms with Crippen LogP contribution in [-0.2, 0) is 4.79 Å². The molecule has 1 aromatic rings. The van der Waals surface area contributed by atoms with Gasteiger partial charge in [-0.25, -0.2) is 0 Å². The predicted octanol–water partition coefficient (Wildman–Crippen LogP) is 2.81. The summed E-state index contributed by atoms with van der Waals surface area (Å²) in [5, 5.41) is 0. The maximum absolute atomic E-state index is 11.1. The number of hydrogen-bond donors (Lipinski definition) is 0. The van der Waals surface area contributed by atoms with Crippen molar-refractivity contribution in [2.24, 2.45) is 0 Å². The molecule has 1 aromatic carbocycles. The van der Waals surface area contributed by atoms with E-state index in [-0.39, 0.29) is 5.78 Å². The molecule has 2 nitrogen and oxygen atoms in total. The summed E-state index contributed by atoms with van der Waals surface area (Å²) >= 11 is 3.37. The minimum absolute atomic E-state index is 0.0681. The van der Waals surface area contributed by atoms with Crippen molar-refractivity contribution in [3.05, 3.63) is 33.8 Å². The van der Waals surface area contributed by atoms with Gasteiger partial charge in [0.05, 0.1) is 0 Å². The summed E-state index contributed by atoms with van der Waals surface area (Å²) < 4.78 is 6.44. The van der Waals surface area contributed by atoms with Crippen LogP contribution >= 0.6 is 15.9 Å². The molecule has 0 spiro atoms. The molecular weight excluding hydrogens is 244 g/mol. The average Bonchev–Trinajstić information content (AvgIpc) is 2.16. The van der Waals surface area contributed by atoms with E-state index in [1.807, 2.05) is 24.3 Å². The molecule has 14 heavy (non-hydrogen) atoms. The van der Waals surface area contributed by atoms with Crippen molar-refractivity contribution < 1.29 is 9.53 Å². The van der Waals surface area contributed by atoms with Gasteiger partial charge in [-0.05, 0) is 25.1 Å². The van der Waals surface area contributed by atoms with Crippen molar-refractivity contribution in [2.45, 2.75) is 6.92 Å². The first-order valence-electron chi connectivity index (χ1n) is 4.30. The molecule has 0 fully saturated rings. The van der Waals surface area contributed by atoms with Crippen molar-refractivity contribution >= 4 is 27.8 Å². The van der Waals surface area contributed by atoms with Crippen molar-refractivity contribution in [1.29, 1.82) is 0 Å². The van der Waals surface area contributed by atoms with Gasteiger partial charge >= 0.3 is 0 Å². The molecule has 0 unspecified atom stereocenters. The van der Waals surface area contributed by atoms with Gasteiger partial charge < -0.3 is 4.74 Å². The van der Waals surface area contributed by atoms with Crippen LogP contribution in [0.5, 0.6) is 5.75 Å². The number of rotatable bonds is 1. The molecule has 0 N–H and O–H groups in total. The monoisotopic (exact) mass is 252 g/mol. The van der Waals surface area contributed by atoms with Gasteiger partial charge in [0.25, 0.3) is 0 Å². The molecule has 0 atom stereocenters. The molecule has 0 radical (unpaired) electrons. The van der Waals surface area contributed by atoms with Crippen LogP contribution in [0.1, 0.15) is 12.5 Å². The van der Waals surface area contributed by atoms with Gasteiger partial charge in [-0.1, -0.05) is 22.0 Å². The fourth-order valence-electron chi connectivity index (χ4n) is 1.34. The lowest BCUT2D eigenvalue weighted by Crippen LogP contribution is -2.12. The van der Waals surface area contributed by atoms with Crippen molar-refractivity contribution in [2.75, 3.05) is 6.61 Å². The smallest absolute Gasteiger partial charge is 0.159 e. The first-order valence-corrected chi connectivity index (χ1v) is 5.10. The lowest BCUT2D eigenvalue weighted by molar-refractivity contribution is -0.113. The Morgan fingerprint density at radius 2 is 2.29 bits per heavy atom. The molecule has 0 bridgehead atoms. The van der Waals surface area contributed by atoms with E-state index in [1.54, 1.807) is 6.92 Å². The van der Waals surface area contributed by atoms with Gasteiger partial charge in [0.2, 0.25) is 0 Å². The van der Waals surface area contributed by atoms with Gasteiger partial charge in [-0.15, -0.1) is 0 Å². The summed E-state index contributed by atoms with van der Waals surface area (Å²) in [7, 11) is 0. The van der Waals surface area contributed by atoms with Crippen molar-refractivity contribution in [3.63, 3.8) is 0 Å². The van der Waals surface area contributed by atoms with E-state index in [9.17, 15) is 4.79 Å². The number of ether oxygens (including phenoxy) is 1. The Labute approximate surface area is 90.7 Å². The number of ketones is 1. The van der Waals surface area contributed by atoms with Gasteiger partial charge in [-0.3, -0.25) is 4.79 Å². The van der Waals surface area contributed by atoms with Crippen molar-refractivity contribution in [3.8, 4) is 5.75 Å². The summed E-state index contributed by atoms with van der Waals surface area (Å²) in [6.45, 7) is 1.93. The highest BCUT2D eigenvalue weighted by Crippen LogP contribution is 2.29. The quantitative estimate of drug-likeness (QED) is 0.769. The Morgan fingerprint density at radius 3 is 3.00 bits per heavy atom. The zero-order chi connectivity index (χ0) is 10.1. The second-order valence-corrected chi connectivity index (χ2v) is 4.11. The first-order chi connectivity index (χ1) is 6.66. The molecule has 1 aliphatic rings. The predicted molar refractivity (Wildman–Crippen MR) is 58.3 cm³/mol. The zero-order valence-electron chi connectivity index (χ0n) is 7.71. The zero-order valence-corrected chi connectivity index (χ0v) is 9.30. The minimum Gasteiger partial charge on any atom is -0.488 e. The van der Waals surface area contributed by atoms with Gasteiger partial charge in [-0.2, -0.15) is 0 Å². The number of carbonyl (C=O) groups is 1. The molecule has 0 aliphatic carbocycles. The highest BCUT2D eigenvalue weighted by molar-refractivity contribution is 9.10. The largest absolute Gasteiger partial charge is 0.488 e. The number of halogens is 1. The second kappa shape index (κ2) is 3.58. The fourth-order valence-corrected chi connectivity index (χ4v) is 1.68. The van der Waals surface area contributed by atoms with E-state index in [0.29, 0.717) is 6.61 Å². The number of fused-ring (bicyclic) bond motifs is 1. The topological polar surface area (TPSA) is 26.3 Å². The SMILES string of the molecule is CC(=O)C1=Cc2ccc(Br)cc2OC1. The van der Waals surface area contributed by atoms with Crippen LogP contribution in [0, 0.1) is 0 Å². The van der Waals surface area contributed by atoms with Crippen LogP contribution in [0.25, 0.3) is 6.08 Å². The summed E-state index contributed by atoms with van der Waals surface area (Å²) in [5.41, 5.74) is 1.68. The highest BCUT2D eigenvalue weighted by Gasteiger charge is 2.13. The Hall–Kier alpha value is -1.09. The maximum atomic E-state index is 11.1. The second-order valence-electron chi connectivity index (χ2n) is 3.20. The Morgan fingerprint density at radius 1 is 1.50 bits per heavy atom. The Kier molecular flexibility index (Phi) is 2.42. The molecule has 1 aliphatic heterocycles. The van der Waals surface area contributed by atoms with E-state index in [2.05, 4.69) is 15.9 Å². The Bertz CT molecular complexity index is 421. The van der Waals surface area contributed by atoms with Crippen LogP contribution < -0.4 is 4.74 Å². The lowest BCUT2D eigenvalue weighted by atomic mass is 10.1. The summed E-state index contributed by atoms with van der Waals surface area (Å²) in [4.78, 5) is 11.1. The van der Waals surface area contributed by atoms with Crippen LogP contribution in [0.4, 0.5) is 0 Å². The average molecular weight is 253 g/mol. The van der Waals surface area contributed by atoms with Crippen LogP contribution in [0.15, 0.2) is 28.2 Å². The van der Waals surface area contributed by atoms with Gasteiger partial charge in [0.1, 0.15) is 12.4 Å². The highest BCUT2D eigenvalue weighted by atomic mass is 79.9. The van der Waals surface area contributed by atoms with Gasteiger partial charge in [0.15, 0.2) is 5.78 Å². The van der Waals surface area contributed by atoms with E-state index in [1.165, 1.54) is 0 Å². The standard InChI is InChI=1S/C11H9BrO2/c1-7(13)9-4-8-2-3-10(12)5-11(8)14-6-9/h2-5H,6H2,1H3. The van der Waals surface area contributed by atoms with Crippen LogP contribution in [0.2, 0.25) is 0 Å². The van der Waals surface area contributed by atoms with Gasteiger partial charge in [0, 0.05) is 15.6 Å². The molecule has 0 saturated carbocycles. The third-order valence-electron chi connectivity index (χ3n) is 2.14. The van der Waals surface area contributed by atoms with E-state index in [4.69, 9.17) is 4.74 Å². The van der Waals surface area contributed by atoms with Crippen LogP contribution in [0.3, 0.4) is 0 Å². The van der Waals surface area contributed by atoms with Crippen LogP contribution in [-0.4, -0.2) is 12.4 Å². The summed E-state index contributed by atoms with van der Waals surface area (Å²) in [5.74, 6) is 0.892. The number of hydrogen-bond acceptors (Lipinski definition) is 2. The third kappa shape index (κ3) is 1.73. The third-order valence-corrected chi connectivity index (χ3v) is 2.63. The molecule has 72 valence electrons. The lowest BCUT2D eigenvalue weighted by Gasteiger charge is -2.16. The normalized spacial score (nSPS) is 14.0. The maximum Gasteiger partial charge on any atom is 0.159 e. The molecule has 0 saturated heterocycles. The van der Waals surface area contributed by atoms with E-state index in [0.717, 1.165) is 21.4 Å². The minimum atomic E-state index is 0.0681. The Balaban J connectivity index is 2.45. The number of benzene rings is 1. The van der Waals surface area contributed by atoms with E-state index < -0.39 is 0 Å². The molecular formula is C11H9BrO2. The molecule has 1 heterocycles. The first kappa shape index (κ1) is 9.46. The fraction of sp³-hybridized carbons (Fsp3) is 0.182. The molecule has 2 rings (SSSR count). The summed E-state index contributed by atoms with van der Waals surface area (Å²) in [6, 6.07) is 5.77. The van der Waals surface area contributed by atoms with E-state index >= 15 is 0 Å².